The number of fused-ring (bicyclic) bond motifs is 3. The summed E-state index contributed by atoms with van der Waals surface area (Å²) in [5, 5.41) is 29.6. The summed E-state index contributed by atoms with van der Waals surface area (Å²) in [6.07, 6.45) is -1.32. The van der Waals surface area contributed by atoms with E-state index in [-0.39, 0.29) is 30.8 Å². The van der Waals surface area contributed by atoms with Crippen LogP contribution in [0, 0.1) is 0 Å². The Kier molecular flexibility index (Phi) is 6.28. The maximum atomic E-state index is 12.3. The normalized spacial score (nSPS) is 13.9. The van der Waals surface area contributed by atoms with E-state index in [1.807, 2.05) is 48.5 Å². The Labute approximate surface area is 194 Å². The van der Waals surface area contributed by atoms with E-state index in [1.165, 1.54) is 6.92 Å². The van der Waals surface area contributed by atoms with Gasteiger partial charge < -0.3 is 20.3 Å². The van der Waals surface area contributed by atoms with Crippen molar-refractivity contribution >= 4 is 23.9 Å². The molecule has 1 aromatic heterocycles. The zero-order valence-corrected chi connectivity index (χ0v) is 18.2. The molecule has 0 fully saturated rings. The maximum absolute atomic E-state index is 12.3. The summed E-state index contributed by atoms with van der Waals surface area (Å²) in [5.74, 6) is -2.42. The lowest BCUT2D eigenvalue weighted by Gasteiger charge is -2.20. The number of benzene rings is 2. The van der Waals surface area contributed by atoms with Gasteiger partial charge in [0.1, 0.15) is 6.61 Å². The maximum Gasteiger partial charge on any atom is 0.414 e. The number of rotatable bonds is 8. The summed E-state index contributed by atoms with van der Waals surface area (Å²) < 4.78 is 5.41. The molecule has 2 aromatic carbocycles. The molecule has 0 spiro atoms. The molecular weight excluding hydrogens is 442 g/mol. The zero-order valence-electron chi connectivity index (χ0n) is 18.2. The first kappa shape index (κ1) is 22.9. The SMILES string of the molecule is CC(O)(CNC(=O)c1nc(NC(=O)OCC2c3ccccc3-c3ccccc32)n[nH]1)CC(=O)O. The minimum Gasteiger partial charge on any atom is -0.481 e. The van der Waals surface area contributed by atoms with E-state index in [4.69, 9.17) is 9.84 Å². The van der Waals surface area contributed by atoms with Gasteiger partial charge in [-0.25, -0.2) is 4.79 Å². The molecule has 1 aliphatic rings. The highest BCUT2D eigenvalue weighted by Gasteiger charge is 2.29. The summed E-state index contributed by atoms with van der Waals surface area (Å²) >= 11 is 0. The summed E-state index contributed by atoms with van der Waals surface area (Å²) in [5.41, 5.74) is 2.74. The Morgan fingerprint density at radius 3 is 2.32 bits per heavy atom. The Hall–Kier alpha value is -4.25. The van der Waals surface area contributed by atoms with Crippen LogP contribution in [0.25, 0.3) is 11.1 Å². The second-order valence-corrected chi connectivity index (χ2v) is 8.21. The average Bonchev–Trinajstić information content (AvgIpc) is 3.38. The number of carbonyl (C=O) groups is 3. The van der Waals surface area contributed by atoms with Gasteiger partial charge in [-0.3, -0.25) is 20.0 Å². The van der Waals surface area contributed by atoms with Crippen molar-refractivity contribution in [3.05, 3.63) is 65.5 Å². The Balaban J connectivity index is 1.33. The predicted molar refractivity (Wildman–Crippen MR) is 120 cm³/mol. The number of nitrogens with zero attached hydrogens (tertiary/aromatic N) is 2. The fourth-order valence-corrected chi connectivity index (χ4v) is 3.89. The van der Waals surface area contributed by atoms with Crippen LogP contribution in [0.15, 0.2) is 48.5 Å². The van der Waals surface area contributed by atoms with Crippen molar-refractivity contribution < 1.29 is 29.3 Å². The lowest BCUT2D eigenvalue weighted by atomic mass is 9.98. The summed E-state index contributed by atoms with van der Waals surface area (Å²) in [6.45, 7) is 1.08. The van der Waals surface area contributed by atoms with Crippen LogP contribution in [0.3, 0.4) is 0 Å². The van der Waals surface area contributed by atoms with Crippen molar-refractivity contribution in [3.8, 4) is 11.1 Å². The van der Waals surface area contributed by atoms with E-state index in [0.717, 1.165) is 22.3 Å². The van der Waals surface area contributed by atoms with Crippen LogP contribution in [0.4, 0.5) is 10.7 Å². The molecule has 0 saturated carbocycles. The van der Waals surface area contributed by atoms with Crippen LogP contribution in [0.2, 0.25) is 0 Å². The number of hydrogen-bond acceptors (Lipinski definition) is 7. The van der Waals surface area contributed by atoms with E-state index < -0.39 is 30.0 Å². The van der Waals surface area contributed by atoms with Crippen molar-refractivity contribution in [2.45, 2.75) is 24.9 Å². The molecule has 5 N–H and O–H groups in total. The number of aromatic nitrogens is 3. The molecule has 0 saturated heterocycles. The molecule has 1 atom stereocenters. The van der Waals surface area contributed by atoms with E-state index in [1.54, 1.807) is 0 Å². The number of carbonyl (C=O) groups excluding carboxylic acids is 2. The largest absolute Gasteiger partial charge is 0.481 e. The molecule has 2 amide bonds. The van der Waals surface area contributed by atoms with Gasteiger partial charge in [0.25, 0.3) is 11.9 Å². The summed E-state index contributed by atoms with van der Waals surface area (Å²) in [7, 11) is 0. The lowest BCUT2D eigenvalue weighted by Crippen LogP contribution is -2.42. The Morgan fingerprint density at radius 2 is 1.71 bits per heavy atom. The second kappa shape index (κ2) is 9.32. The number of aliphatic carboxylic acids is 1. The molecule has 1 aliphatic carbocycles. The van der Waals surface area contributed by atoms with Gasteiger partial charge in [0.15, 0.2) is 0 Å². The monoisotopic (exact) mass is 465 g/mol. The number of nitrogens with one attached hydrogen (secondary N) is 3. The van der Waals surface area contributed by atoms with Gasteiger partial charge in [0, 0.05) is 12.5 Å². The van der Waals surface area contributed by atoms with Crippen molar-refractivity contribution in [1.29, 1.82) is 0 Å². The topological polar surface area (TPSA) is 167 Å². The van der Waals surface area contributed by atoms with Crippen molar-refractivity contribution in [3.63, 3.8) is 0 Å². The Morgan fingerprint density at radius 1 is 1.09 bits per heavy atom. The number of ether oxygens (including phenoxy) is 1. The third-order valence-corrected chi connectivity index (χ3v) is 5.42. The molecular formula is C23H23N5O6. The zero-order chi connectivity index (χ0) is 24.3. The molecule has 4 rings (SSSR count). The van der Waals surface area contributed by atoms with E-state index in [0.29, 0.717) is 0 Å². The Bertz CT molecular complexity index is 1190. The molecule has 3 aromatic rings. The first-order valence-electron chi connectivity index (χ1n) is 10.5. The van der Waals surface area contributed by atoms with Crippen LogP contribution < -0.4 is 10.6 Å². The molecule has 34 heavy (non-hydrogen) atoms. The molecule has 1 heterocycles. The van der Waals surface area contributed by atoms with Crippen LogP contribution in [0.5, 0.6) is 0 Å². The van der Waals surface area contributed by atoms with Gasteiger partial charge in [-0.15, -0.1) is 5.10 Å². The number of amides is 2. The molecule has 0 aliphatic heterocycles. The number of aliphatic hydroxyl groups is 1. The third kappa shape index (κ3) is 5.04. The standard InChI is InChI=1S/C23H23N5O6/c1-23(33,10-18(29)30)12-24-20(31)19-25-21(28-27-19)26-22(32)34-11-17-15-8-4-2-6-13(15)14-7-3-5-9-16(14)17/h2-9,17,33H,10-12H2,1H3,(H,24,31)(H,29,30)(H2,25,26,27,28,32). The van der Waals surface area contributed by atoms with E-state index in [9.17, 15) is 19.5 Å². The molecule has 11 nitrogen and oxygen atoms in total. The highest BCUT2D eigenvalue weighted by molar-refractivity contribution is 5.91. The number of anilines is 1. The van der Waals surface area contributed by atoms with Crippen molar-refractivity contribution in [1.82, 2.24) is 20.5 Å². The molecule has 11 heteroatoms. The predicted octanol–water partition coefficient (Wildman–Crippen LogP) is 2.12. The van der Waals surface area contributed by atoms with Crippen LogP contribution in [-0.2, 0) is 9.53 Å². The third-order valence-electron chi connectivity index (χ3n) is 5.42. The average molecular weight is 465 g/mol. The van der Waals surface area contributed by atoms with Gasteiger partial charge in [-0.05, 0) is 29.2 Å². The number of aromatic amines is 1. The quantitative estimate of drug-likeness (QED) is 0.337. The van der Waals surface area contributed by atoms with Crippen LogP contribution in [0.1, 0.15) is 41.0 Å². The fourth-order valence-electron chi connectivity index (χ4n) is 3.89. The molecule has 0 bridgehead atoms. The first-order chi connectivity index (χ1) is 16.2. The van der Waals surface area contributed by atoms with Gasteiger partial charge >= 0.3 is 12.1 Å². The second-order valence-electron chi connectivity index (χ2n) is 8.21. The summed E-state index contributed by atoms with van der Waals surface area (Å²) in [6, 6.07) is 15.9. The molecule has 176 valence electrons. The van der Waals surface area contributed by atoms with Gasteiger partial charge in [-0.1, -0.05) is 48.5 Å². The lowest BCUT2D eigenvalue weighted by molar-refractivity contribution is -0.141. The van der Waals surface area contributed by atoms with Crippen molar-refractivity contribution in [2.24, 2.45) is 0 Å². The van der Waals surface area contributed by atoms with Gasteiger partial charge in [-0.2, -0.15) is 4.98 Å². The number of H-pyrrole nitrogens is 1. The highest BCUT2D eigenvalue weighted by atomic mass is 16.5. The van der Waals surface area contributed by atoms with Gasteiger partial charge in [0.2, 0.25) is 5.82 Å². The first-order valence-corrected chi connectivity index (χ1v) is 10.5. The number of carboxylic acid groups (broad SMARTS) is 1. The van der Waals surface area contributed by atoms with Gasteiger partial charge in [0.05, 0.1) is 12.0 Å². The summed E-state index contributed by atoms with van der Waals surface area (Å²) in [4.78, 5) is 39.1. The minimum atomic E-state index is -1.64. The molecule has 0 radical (unpaired) electrons. The van der Waals surface area contributed by atoms with Crippen LogP contribution in [-0.4, -0.2) is 62.1 Å². The van der Waals surface area contributed by atoms with Crippen molar-refractivity contribution in [2.75, 3.05) is 18.5 Å². The smallest absolute Gasteiger partial charge is 0.414 e. The van der Waals surface area contributed by atoms with E-state index in [2.05, 4.69) is 25.8 Å². The molecule has 1 unspecified atom stereocenters. The highest BCUT2D eigenvalue weighted by Crippen LogP contribution is 2.44. The minimum absolute atomic E-state index is 0.106. The fraction of sp³-hybridized carbons (Fsp3) is 0.261. The number of carboxylic acids is 1. The number of hydrogen-bond donors (Lipinski definition) is 5. The van der Waals surface area contributed by atoms with Crippen LogP contribution >= 0.6 is 0 Å². The van der Waals surface area contributed by atoms with E-state index >= 15 is 0 Å².